The standard InChI is InChI=1S/C23H27F2N3O4S.C2HF3O2/c24-17-5-7-20(25)22(12-17)33(31,32)26-18-6-8-21(19(13-18)23(29)30)28-11-3-4-16(15-28)14-27-9-1-2-10-27;3-2(4,5)1(6)7/h5-8,12-13,16,26H,1-4,9-11,14-15H2,(H,29,30);(H,6,7). The zero-order valence-corrected chi connectivity index (χ0v) is 21.9. The lowest BCUT2D eigenvalue weighted by atomic mass is 9.96. The number of halogens is 5. The maximum absolute atomic E-state index is 14.0. The van der Waals surface area contributed by atoms with Crippen molar-refractivity contribution >= 4 is 33.3 Å². The Labute approximate surface area is 227 Å². The summed E-state index contributed by atoms with van der Waals surface area (Å²) in [5.41, 5.74) is 0.440. The number of carboxylic acids is 2. The summed E-state index contributed by atoms with van der Waals surface area (Å²) in [7, 11) is -4.45. The van der Waals surface area contributed by atoms with Crippen molar-refractivity contribution in [2.75, 3.05) is 42.3 Å². The fourth-order valence-electron chi connectivity index (χ4n) is 4.70. The number of hydrogen-bond acceptors (Lipinski definition) is 6. The third-order valence-corrected chi connectivity index (χ3v) is 7.88. The van der Waals surface area contributed by atoms with Gasteiger partial charge < -0.3 is 20.0 Å². The number of hydrogen-bond donors (Lipinski definition) is 3. The van der Waals surface area contributed by atoms with Crippen molar-refractivity contribution in [2.45, 2.75) is 36.8 Å². The van der Waals surface area contributed by atoms with Gasteiger partial charge in [-0.2, -0.15) is 13.2 Å². The third kappa shape index (κ3) is 8.27. The second-order valence-electron chi connectivity index (χ2n) is 9.48. The van der Waals surface area contributed by atoms with Gasteiger partial charge in [0.1, 0.15) is 16.5 Å². The van der Waals surface area contributed by atoms with Gasteiger partial charge in [0.25, 0.3) is 10.0 Å². The van der Waals surface area contributed by atoms with E-state index in [2.05, 4.69) is 9.62 Å². The molecule has 3 N–H and O–H groups in total. The molecule has 40 heavy (non-hydrogen) atoms. The Morgan fingerprint density at radius 3 is 2.23 bits per heavy atom. The summed E-state index contributed by atoms with van der Waals surface area (Å²) in [4.78, 5) is 24.5. The SMILES string of the molecule is O=C(O)C(F)(F)F.O=C(O)c1cc(NS(=O)(=O)c2cc(F)ccc2F)ccc1N1CCCC(CN2CCCC2)C1. The maximum Gasteiger partial charge on any atom is 0.490 e. The molecule has 0 saturated carbocycles. The highest BCUT2D eigenvalue weighted by Crippen LogP contribution is 2.31. The van der Waals surface area contributed by atoms with Gasteiger partial charge in [0.2, 0.25) is 0 Å². The number of aliphatic carboxylic acids is 1. The van der Waals surface area contributed by atoms with Crippen molar-refractivity contribution < 1.29 is 50.2 Å². The number of piperidine rings is 1. The van der Waals surface area contributed by atoms with Gasteiger partial charge in [-0.15, -0.1) is 0 Å². The number of anilines is 2. The Morgan fingerprint density at radius 2 is 1.62 bits per heavy atom. The molecule has 15 heteroatoms. The predicted octanol–water partition coefficient (Wildman–Crippen LogP) is 4.41. The molecule has 0 aliphatic carbocycles. The fourth-order valence-corrected chi connectivity index (χ4v) is 5.84. The molecule has 1 atom stereocenters. The highest BCUT2D eigenvalue weighted by molar-refractivity contribution is 7.92. The second-order valence-corrected chi connectivity index (χ2v) is 11.1. The van der Waals surface area contributed by atoms with Gasteiger partial charge in [-0.05, 0) is 81.1 Å². The summed E-state index contributed by atoms with van der Waals surface area (Å²) in [6, 6.07) is 6.36. The molecule has 2 aromatic rings. The molecule has 1 unspecified atom stereocenters. The van der Waals surface area contributed by atoms with Crippen LogP contribution >= 0.6 is 0 Å². The number of rotatable bonds is 7. The number of carboxylic acid groups (broad SMARTS) is 2. The van der Waals surface area contributed by atoms with Crippen LogP contribution in [0.2, 0.25) is 0 Å². The Bertz CT molecular complexity index is 1330. The molecule has 2 aromatic carbocycles. The lowest BCUT2D eigenvalue weighted by Crippen LogP contribution is -2.41. The van der Waals surface area contributed by atoms with Crippen LogP contribution in [0.3, 0.4) is 0 Å². The molecule has 0 spiro atoms. The van der Waals surface area contributed by atoms with E-state index in [9.17, 15) is 40.3 Å². The molecule has 2 saturated heterocycles. The van der Waals surface area contributed by atoms with Gasteiger partial charge in [0.15, 0.2) is 0 Å². The van der Waals surface area contributed by atoms with E-state index >= 15 is 0 Å². The van der Waals surface area contributed by atoms with Crippen molar-refractivity contribution in [3.63, 3.8) is 0 Å². The van der Waals surface area contributed by atoms with Crippen molar-refractivity contribution in [1.29, 1.82) is 0 Å². The summed E-state index contributed by atoms with van der Waals surface area (Å²) in [5, 5.41) is 16.9. The minimum absolute atomic E-state index is 0.0366. The van der Waals surface area contributed by atoms with Crippen LogP contribution in [0.4, 0.5) is 33.3 Å². The van der Waals surface area contributed by atoms with Crippen LogP contribution in [-0.2, 0) is 14.8 Å². The zero-order valence-electron chi connectivity index (χ0n) is 21.1. The monoisotopic (exact) mass is 593 g/mol. The molecular formula is C25H28F5N3O6S. The minimum Gasteiger partial charge on any atom is -0.478 e. The molecule has 4 rings (SSSR count). The van der Waals surface area contributed by atoms with Crippen LogP contribution in [0, 0.1) is 17.6 Å². The molecule has 2 aliphatic rings. The number of benzene rings is 2. The molecule has 0 radical (unpaired) electrons. The highest BCUT2D eigenvalue weighted by atomic mass is 32.2. The molecule has 2 fully saturated rings. The van der Waals surface area contributed by atoms with Gasteiger partial charge in [0.05, 0.1) is 11.3 Å². The van der Waals surface area contributed by atoms with E-state index in [1.165, 1.54) is 25.0 Å². The largest absolute Gasteiger partial charge is 0.490 e. The average molecular weight is 594 g/mol. The van der Waals surface area contributed by atoms with E-state index in [-0.39, 0.29) is 11.3 Å². The van der Waals surface area contributed by atoms with E-state index in [0.29, 0.717) is 17.7 Å². The van der Waals surface area contributed by atoms with Crippen molar-refractivity contribution in [3.05, 3.63) is 53.6 Å². The van der Waals surface area contributed by atoms with Crippen molar-refractivity contribution in [1.82, 2.24) is 4.90 Å². The zero-order chi connectivity index (χ0) is 29.7. The first kappa shape index (κ1) is 31.1. The summed E-state index contributed by atoms with van der Waals surface area (Å²) in [6.07, 6.45) is -0.607. The first-order chi connectivity index (χ1) is 18.7. The molecule has 2 heterocycles. The molecule has 220 valence electrons. The quantitative estimate of drug-likeness (QED) is 0.403. The third-order valence-electron chi connectivity index (χ3n) is 6.48. The summed E-state index contributed by atoms with van der Waals surface area (Å²) >= 11 is 0. The van der Waals surface area contributed by atoms with E-state index in [1.54, 1.807) is 6.07 Å². The summed E-state index contributed by atoms with van der Waals surface area (Å²) in [6.45, 7) is 4.66. The number of alkyl halides is 3. The highest BCUT2D eigenvalue weighted by Gasteiger charge is 2.38. The topological polar surface area (TPSA) is 127 Å². The van der Waals surface area contributed by atoms with Gasteiger partial charge in [0, 0.05) is 25.3 Å². The predicted molar refractivity (Wildman–Crippen MR) is 135 cm³/mol. The first-order valence-corrected chi connectivity index (χ1v) is 13.8. The smallest absolute Gasteiger partial charge is 0.478 e. The first-order valence-electron chi connectivity index (χ1n) is 12.3. The van der Waals surface area contributed by atoms with Crippen LogP contribution in [0.25, 0.3) is 0 Å². The average Bonchev–Trinajstić information content (AvgIpc) is 3.38. The van der Waals surface area contributed by atoms with Crippen molar-refractivity contribution in [2.24, 2.45) is 5.92 Å². The van der Waals surface area contributed by atoms with Crippen LogP contribution in [0.15, 0.2) is 41.3 Å². The van der Waals surface area contributed by atoms with E-state index in [1.807, 2.05) is 4.90 Å². The van der Waals surface area contributed by atoms with Crippen LogP contribution in [0.5, 0.6) is 0 Å². The summed E-state index contributed by atoms with van der Waals surface area (Å²) < 4.78 is 86.5. The Balaban J connectivity index is 0.000000559. The number of nitrogens with one attached hydrogen (secondary N) is 1. The Morgan fingerprint density at radius 1 is 0.975 bits per heavy atom. The number of carbonyl (C=O) groups is 2. The van der Waals surface area contributed by atoms with Gasteiger partial charge in [-0.25, -0.2) is 26.8 Å². The molecule has 2 aliphatic heterocycles. The Kier molecular flexibility index (Phi) is 9.95. The number of likely N-dealkylation sites (tertiary alicyclic amines) is 1. The molecular weight excluding hydrogens is 565 g/mol. The molecule has 0 aromatic heterocycles. The lowest BCUT2D eigenvalue weighted by molar-refractivity contribution is -0.192. The van der Waals surface area contributed by atoms with E-state index in [0.717, 1.165) is 57.7 Å². The number of sulfonamides is 1. The van der Waals surface area contributed by atoms with E-state index in [4.69, 9.17) is 9.90 Å². The number of aromatic carboxylic acids is 1. The molecule has 0 amide bonds. The van der Waals surface area contributed by atoms with Crippen LogP contribution in [0.1, 0.15) is 36.0 Å². The van der Waals surface area contributed by atoms with Gasteiger partial charge >= 0.3 is 18.1 Å². The van der Waals surface area contributed by atoms with Crippen LogP contribution in [-0.4, -0.2) is 74.4 Å². The maximum atomic E-state index is 14.0. The lowest BCUT2D eigenvalue weighted by Gasteiger charge is -2.36. The number of nitrogens with zero attached hydrogens (tertiary/aromatic N) is 2. The van der Waals surface area contributed by atoms with Crippen LogP contribution < -0.4 is 9.62 Å². The molecule has 9 nitrogen and oxygen atoms in total. The fraction of sp³-hybridized carbons (Fsp3) is 0.440. The van der Waals surface area contributed by atoms with Gasteiger partial charge in [-0.3, -0.25) is 4.72 Å². The second kappa shape index (κ2) is 12.8. The van der Waals surface area contributed by atoms with E-state index < -0.39 is 44.7 Å². The van der Waals surface area contributed by atoms with Crippen molar-refractivity contribution in [3.8, 4) is 0 Å². The minimum atomic E-state index is -5.08. The molecule has 0 bridgehead atoms. The van der Waals surface area contributed by atoms with Gasteiger partial charge in [-0.1, -0.05) is 0 Å². The Hall–Kier alpha value is -3.46. The summed E-state index contributed by atoms with van der Waals surface area (Å²) in [5.74, 6) is -5.51. The normalized spacial score (nSPS) is 18.1.